The van der Waals surface area contributed by atoms with Crippen LogP contribution in [-0.4, -0.2) is 18.1 Å². The van der Waals surface area contributed by atoms with Gasteiger partial charge in [0.15, 0.2) is 5.69 Å². The van der Waals surface area contributed by atoms with Crippen molar-refractivity contribution in [3.63, 3.8) is 0 Å². The lowest BCUT2D eigenvalue weighted by atomic mass is 10.2. The minimum absolute atomic E-state index is 0.0571. The molecule has 0 aromatic carbocycles. The van der Waals surface area contributed by atoms with Gasteiger partial charge in [0, 0.05) is 5.69 Å². The van der Waals surface area contributed by atoms with E-state index in [1.54, 1.807) is 13.0 Å². The number of ether oxygens (including phenoxy) is 1. The molecule has 15 heavy (non-hydrogen) atoms. The lowest BCUT2D eigenvalue weighted by Gasteiger charge is -2.04. The summed E-state index contributed by atoms with van der Waals surface area (Å²) < 4.78 is 4.49. The number of halogens is 1. The highest BCUT2D eigenvalue weighted by Gasteiger charge is 2.15. The summed E-state index contributed by atoms with van der Waals surface area (Å²) in [5.41, 5.74) is 6.55. The van der Waals surface area contributed by atoms with Gasteiger partial charge < -0.3 is 10.5 Å². The summed E-state index contributed by atoms with van der Waals surface area (Å²) in [6, 6.07) is 1.59. The second kappa shape index (κ2) is 6.24. The van der Waals surface area contributed by atoms with Crippen molar-refractivity contribution >= 4 is 23.3 Å². The van der Waals surface area contributed by atoms with Gasteiger partial charge in [-0.15, -0.1) is 0 Å². The SMILES string of the molecule is CC.COC(=O)c1nc(C)cc(N)c1Cl. The molecule has 0 bridgehead atoms. The quantitative estimate of drug-likeness (QED) is 0.753. The predicted molar refractivity (Wildman–Crippen MR) is 61.1 cm³/mol. The number of hydrogen-bond acceptors (Lipinski definition) is 4. The molecule has 1 aromatic rings. The van der Waals surface area contributed by atoms with Gasteiger partial charge in [0.2, 0.25) is 0 Å². The fourth-order valence-electron chi connectivity index (χ4n) is 0.915. The molecule has 0 radical (unpaired) electrons. The van der Waals surface area contributed by atoms with Crippen molar-refractivity contribution in [2.75, 3.05) is 12.8 Å². The molecule has 0 saturated heterocycles. The average molecular weight is 231 g/mol. The molecule has 1 rings (SSSR count). The van der Waals surface area contributed by atoms with Crippen LogP contribution in [0, 0.1) is 6.92 Å². The predicted octanol–water partition coefficient (Wildman–Crippen LogP) is 2.44. The van der Waals surface area contributed by atoms with Crippen LogP contribution < -0.4 is 5.73 Å². The fraction of sp³-hybridized carbons (Fsp3) is 0.400. The number of nitrogens with two attached hydrogens (primary N) is 1. The molecule has 0 spiro atoms. The minimum atomic E-state index is -0.583. The van der Waals surface area contributed by atoms with Crippen LogP contribution in [-0.2, 0) is 4.74 Å². The first kappa shape index (κ1) is 13.7. The van der Waals surface area contributed by atoms with Gasteiger partial charge >= 0.3 is 5.97 Å². The number of rotatable bonds is 1. The number of aryl methyl sites for hydroxylation is 1. The van der Waals surface area contributed by atoms with Crippen molar-refractivity contribution in [3.05, 3.63) is 22.5 Å². The molecule has 5 heteroatoms. The van der Waals surface area contributed by atoms with Gasteiger partial charge in [-0.05, 0) is 13.0 Å². The van der Waals surface area contributed by atoms with Gasteiger partial charge in [0.05, 0.1) is 17.8 Å². The van der Waals surface area contributed by atoms with E-state index in [0.717, 1.165) is 0 Å². The third-order valence-electron chi connectivity index (χ3n) is 1.49. The highest BCUT2D eigenvalue weighted by Crippen LogP contribution is 2.22. The lowest BCUT2D eigenvalue weighted by molar-refractivity contribution is 0.0594. The average Bonchev–Trinajstić information content (AvgIpc) is 2.25. The number of esters is 1. The molecular formula is C10H15ClN2O2. The number of pyridine rings is 1. The monoisotopic (exact) mass is 230 g/mol. The van der Waals surface area contributed by atoms with E-state index in [2.05, 4.69) is 9.72 Å². The molecule has 0 saturated carbocycles. The Morgan fingerprint density at radius 1 is 1.53 bits per heavy atom. The van der Waals surface area contributed by atoms with Gasteiger partial charge in [0.25, 0.3) is 0 Å². The maximum atomic E-state index is 11.1. The van der Waals surface area contributed by atoms with Crippen LogP contribution in [0.5, 0.6) is 0 Å². The molecule has 0 amide bonds. The first-order valence-corrected chi connectivity index (χ1v) is 4.95. The molecule has 0 aliphatic carbocycles. The first-order valence-electron chi connectivity index (χ1n) is 4.57. The largest absolute Gasteiger partial charge is 0.464 e. The molecular weight excluding hydrogens is 216 g/mol. The summed E-state index contributed by atoms with van der Waals surface area (Å²) in [5, 5.41) is 0.137. The normalized spacial score (nSPS) is 8.87. The van der Waals surface area contributed by atoms with Crippen LogP contribution in [0.1, 0.15) is 30.0 Å². The summed E-state index contributed by atoms with van der Waals surface area (Å²) in [6.07, 6.45) is 0. The molecule has 84 valence electrons. The molecule has 1 aromatic heterocycles. The molecule has 0 fully saturated rings. The van der Waals surface area contributed by atoms with E-state index in [1.165, 1.54) is 7.11 Å². The fourth-order valence-corrected chi connectivity index (χ4v) is 1.09. The summed E-state index contributed by atoms with van der Waals surface area (Å²) in [6.45, 7) is 5.72. The zero-order chi connectivity index (χ0) is 12.0. The number of carbonyl (C=O) groups excluding carboxylic acids is 1. The zero-order valence-corrected chi connectivity index (χ0v) is 10.1. The molecule has 0 atom stereocenters. The summed E-state index contributed by atoms with van der Waals surface area (Å²) >= 11 is 5.75. The maximum Gasteiger partial charge on any atom is 0.358 e. The van der Waals surface area contributed by atoms with E-state index in [9.17, 15) is 4.79 Å². The Bertz CT molecular complexity index is 354. The molecule has 4 nitrogen and oxygen atoms in total. The van der Waals surface area contributed by atoms with Crippen LogP contribution in [0.15, 0.2) is 6.07 Å². The van der Waals surface area contributed by atoms with E-state index < -0.39 is 5.97 Å². The third-order valence-corrected chi connectivity index (χ3v) is 1.89. The third kappa shape index (κ3) is 3.40. The van der Waals surface area contributed by atoms with Gasteiger partial charge in [-0.1, -0.05) is 25.4 Å². The molecule has 0 aliphatic rings. The van der Waals surface area contributed by atoms with Gasteiger partial charge in [0.1, 0.15) is 0 Å². The Kier molecular flexibility index (Phi) is 5.70. The second-order valence-corrected chi connectivity index (χ2v) is 2.88. The second-order valence-electron chi connectivity index (χ2n) is 2.51. The Balaban J connectivity index is 0.000000921. The Labute approximate surface area is 94.4 Å². The van der Waals surface area contributed by atoms with Crippen LogP contribution >= 0.6 is 11.6 Å². The van der Waals surface area contributed by atoms with E-state index in [-0.39, 0.29) is 10.7 Å². The number of methoxy groups -OCH3 is 1. The van der Waals surface area contributed by atoms with Crippen molar-refractivity contribution in [2.45, 2.75) is 20.8 Å². The van der Waals surface area contributed by atoms with E-state index in [4.69, 9.17) is 17.3 Å². The Morgan fingerprint density at radius 3 is 2.53 bits per heavy atom. The topological polar surface area (TPSA) is 65.2 Å². The minimum Gasteiger partial charge on any atom is -0.464 e. The summed E-state index contributed by atoms with van der Waals surface area (Å²) in [5.74, 6) is -0.583. The van der Waals surface area contributed by atoms with Crippen molar-refractivity contribution < 1.29 is 9.53 Å². The number of anilines is 1. The van der Waals surface area contributed by atoms with Crippen molar-refractivity contribution in [3.8, 4) is 0 Å². The molecule has 0 unspecified atom stereocenters. The number of nitrogens with zero attached hydrogens (tertiary/aromatic N) is 1. The first-order chi connectivity index (χ1) is 7.06. The molecule has 1 heterocycles. The summed E-state index contributed by atoms with van der Waals surface area (Å²) in [4.78, 5) is 15.0. The van der Waals surface area contributed by atoms with E-state index in [0.29, 0.717) is 11.4 Å². The highest BCUT2D eigenvalue weighted by molar-refractivity contribution is 6.35. The van der Waals surface area contributed by atoms with Crippen molar-refractivity contribution in [1.29, 1.82) is 0 Å². The lowest BCUT2D eigenvalue weighted by Crippen LogP contribution is -2.07. The standard InChI is InChI=1S/C8H9ClN2O2.C2H6/c1-4-3-5(10)6(9)7(11-4)8(12)13-2;1-2/h3H,1-2H3,(H2,10,11);1-2H3. The van der Waals surface area contributed by atoms with Gasteiger partial charge in [-0.2, -0.15) is 0 Å². The number of hydrogen-bond donors (Lipinski definition) is 1. The Morgan fingerprint density at radius 2 is 2.07 bits per heavy atom. The molecule has 0 aliphatic heterocycles. The van der Waals surface area contributed by atoms with Crippen molar-refractivity contribution in [2.24, 2.45) is 0 Å². The van der Waals surface area contributed by atoms with Crippen LogP contribution in [0.25, 0.3) is 0 Å². The zero-order valence-electron chi connectivity index (χ0n) is 9.30. The summed E-state index contributed by atoms with van der Waals surface area (Å²) in [7, 11) is 1.26. The van der Waals surface area contributed by atoms with Crippen LogP contribution in [0.2, 0.25) is 5.02 Å². The van der Waals surface area contributed by atoms with Gasteiger partial charge in [-0.3, -0.25) is 0 Å². The van der Waals surface area contributed by atoms with E-state index >= 15 is 0 Å². The number of aromatic nitrogens is 1. The smallest absolute Gasteiger partial charge is 0.358 e. The number of carbonyl (C=O) groups is 1. The van der Waals surface area contributed by atoms with Gasteiger partial charge in [-0.25, -0.2) is 9.78 Å². The van der Waals surface area contributed by atoms with Crippen LogP contribution in [0.4, 0.5) is 5.69 Å². The highest BCUT2D eigenvalue weighted by atomic mass is 35.5. The Hall–Kier alpha value is -1.29. The molecule has 2 N–H and O–H groups in total. The maximum absolute atomic E-state index is 11.1. The van der Waals surface area contributed by atoms with Crippen LogP contribution in [0.3, 0.4) is 0 Å². The van der Waals surface area contributed by atoms with Crippen molar-refractivity contribution in [1.82, 2.24) is 4.98 Å². The van der Waals surface area contributed by atoms with E-state index in [1.807, 2.05) is 13.8 Å². The number of nitrogen functional groups attached to an aromatic ring is 1.